The van der Waals surface area contributed by atoms with E-state index in [0.717, 1.165) is 4.90 Å². The van der Waals surface area contributed by atoms with Crippen LogP contribution in [0.25, 0.3) is 0 Å². The molecule has 0 unspecified atom stereocenters. The average molecular weight is 363 g/mol. The van der Waals surface area contributed by atoms with E-state index in [1.165, 1.54) is 23.5 Å². The number of benzene rings is 1. The van der Waals surface area contributed by atoms with Gasteiger partial charge in [-0.25, -0.2) is 4.68 Å². The van der Waals surface area contributed by atoms with Gasteiger partial charge in [0.2, 0.25) is 5.03 Å². The van der Waals surface area contributed by atoms with E-state index in [0.29, 0.717) is 5.69 Å². The summed E-state index contributed by atoms with van der Waals surface area (Å²) in [6.07, 6.45) is 1.93. The lowest BCUT2D eigenvalue weighted by Crippen LogP contribution is -2.17. The molecule has 102 valence electrons. The van der Waals surface area contributed by atoms with Gasteiger partial charge in [-0.15, -0.1) is 16.9 Å². The van der Waals surface area contributed by atoms with E-state index in [1.807, 2.05) is 12.3 Å². The topological polar surface area (TPSA) is 76.9 Å². The van der Waals surface area contributed by atoms with Crippen molar-refractivity contribution in [3.63, 3.8) is 0 Å². The number of aryl methyl sites for hydroxylation is 1. The van der Waals surface area contributed by atoms with Gasteiger partial charge in [-0.2, -0.15) is 8.42 Å². The first-order valence-corrected chi connectivity index (χ1v) is 8.66. The van der Waals surface area contributed by atoms with E-state index in [1.54, 1.807) is 18.2 Å². The van der Waals surface area contributed by atoms with Gasteiger partial charge in [-0.05, 0) is 40.4 Å². The molecule has 0 aliphatic rings. The Hall–Kier alpha value is -1.06. The fraction of sp³-hybridized carbons (Fsp3) is 0.200. The molecule has 0 amide bonds. The Morgan fingerprint density at radius 2 is 2.16 bits per heavy atom. The summed E-state index contributed by atoms with van der Waals surface area (Å²) >= 11 is 4.62. The number of anilines is 1. The molecule has 6 nitrogen and oxygen atoms in total. The molecule has 1 aromatic carbocycles. The van der Waals surface area contributed by atoms with Crippen LogP contribution in [-0.2, 0) is 17.1 Å². The Morgan fingerprint density at radius 1 is 1.42 bits per heavy atom. The Balaban J connectivity index is 2.36. The summed E-state index contributed by atoms with van der Waals surface area (Å²) in [5, 5.41) is 7.31. The number of aromatic nitrogens is 3. The van der Waals surface area contributed by atoms with Crippen molar-refractivity contribution in [1.29, 1.82) is 0 Å². The van der Waals surface area contributed by atoms with Crippen molar-refractivity contribution >= 4 is 43.4 Å². The van der Waals surface area contributed by atoms with Crippen LogP contribution in [0.5, 0.6) is 0 Å². The minimum Gasteiger partial charge on any atom is -0.278 e. The summed E-state index contributed by atoms with van der Waals surface area (Å²) in [5.41, 5.74) is 0.500. The molecule has 0 atom stereocenters. The smallest absolute Gasteiger partial charge is 0.278 e. The fourth-order valence-electron chi connectivity index (χ4n) is 1.50. The number of rotatable bonds is 4. The molecule has 0 spiro atoms. The standard InChI is InChI=1S/C10H11BrN4O2S2/c1-15-10(9(11)12-14-15)19(16,17)13-7-4-3-5-8(6-7)18-2/h3-6,13H,1-2H3. The van der Waals surface area contributed by atoms with Gasteiger partial charge >= 0.3 is 0 Å². The van der Waals surface area contributed by atoms with E-state index in [9.17, 15) is 8.42 Å². The third kappa shape index (κ3) is 3.10. The van der Waals surface area contributed by atoms with Crippen LogP contribution in [0.3, 0.4) is 0 Å². The molecular weight excluding hydrogens is 352 g/mol. The van der Waals surface area contributed by atoms with Crippen molar-refractivity contribution in [2.45, 2.75) is 9.92 Å². The molecule has 1 aromatic heterocycles. The summed E-state index contributed by atoms with van der Waals surface area (Å²) in [5.74, 6) is 0. The van der Waals surface area contributed by atoms with Crippen LogP contribution in [0, 0.1) is 0 Å². The first-order valence-electron chi connectivity index (χ1n) is 5.16. The second-order valence-electron chi connectivity index (χ2n) is 3.65. The minimum absolute atomic E-state index is 0.0120. The van der Waals surface area contributed by atoms with Crippen molar-refractivity contribution in [2.24, 2.45) is 7.05 Å². The average Bonchev–Trinajstić information content (AvgIpc) is 2.69. The summed E-state index contributed by atoms with van der Waals surface area (Å²) in [4.78, 5) is 0.974. The highest BCUT2D eigenvalue weighted by molar-refractivity contribution is 9.10. The van der Waals surface area contributed by atoms with E-state index in [2.05, 4.69) is 31.0 Å². The highest BCUT2D eigenvalue weighted by atomic mass is 79.9. The van der Waals surface area contributed by atoms with Crippen LogP contribution in [0.2, 0.25) is 0 Å². The molecule has 9 heteroatoms. The van der Waals surface area contributed by atoms with Gasteiger partial charge in [0.15, 0.2) is 4.60 Å². The van der Waals surface area contributed by atoms with Crippen molar-refractivity contribution in [1.82, 2.24) is 15.0 Å². The van der Waals surface area contributed by atoms with Gasteiger partial charge in [0.25, 0.3) is 10.0 Å². The quantitative estimate of drug-likeness (QED) is 0.842. The maximum Gasteiger partial charge on any atom is 0.281 e. The number of hydrogen-bond donors (Lipinski definition) is 1. The van der Waals surface area contributed by atoms with E-state index < -0.39 is 10.0 Å². The Morgan fingerprint density at radius 3 is 2.74 bits per heavy atom. The third-order valence-electron chi connectivity index (χ3n) is 2.31. The molecule has 0 fully saturated rings. The highest BCUT2D eigenvalue weighted by Crippen LogP contribution is 2.24. The molecule has 0 radical (unpaired) electrons. The summed E-state index contributed by atoms with van der Waals surface area (Å²) < 4.78 is 28.4. The maximum absolute atomic E-state index is 12.3. The van der Waals surface area contributed by atoms with Gasteiger partial charge < -0.3 is 0 Å². The van der Waals surface area contributed by atoms with Crippen LogP contribution in [-0.4, -0.2) is 29.7 Å². The van der Waals surface area contributed by atoms with Crippen LogP contribution < -0.4 is 4.72 Å². The summed E-state index contributed by atoms with van der Waals surface area (Å²) in [6.45, 7) is 0. The van der Waals surface area contributed by atoms with Crippen molar-refractivity contribution in [3.05, 3.63) is 28.9 Å². The first-order chi connectivity index (χ1) is 8.94. The van der Waals surface area contributed by atoms with Crippen molar-refractivity contribution in [3.8, 4) is 0 Å². The van der Waals surface area contributed by atoms with Gasteiger partial charge in [-0.1, -0.05) is 11.3 Å². The number of nitrogens with zero attached hydrogens (tertiary/aromatic N) is 3. The summed E-state index contributed by atoms with van der Waals surface area (Å²) in [7, 11) is -2.21. The molecule has 0 bridgehead atoms. The van der Waals surface area contributed by atoms with Gasteiger partial charge in [-0.3, -0.25) is 4.72 Å². The number of sulfonamides is 1. The SMILES string of the molecule is CSc1cccc(NS(=O)(=O)c2c(Br)nnn2C)c1. The maximum atomic E-state index is 12.3. The Labute approximate surface area is 123 Å². The molecule has 1 N–H and O–H groups in total. The molecule has 0 aliphatic carbocycles. The number of halogens is 1. The van der Waals surface area contributed by atoms with Crippen LogP contribution in [0.4, 0.5) is 5.69 Å². The van der Waals surface area contributed by atoms with E-state index in [-0.39, 0.29) is 9.63 Å². The monoisotopic (exact) mass is 362 g/mol. The summed E-state index contributed by atoms with van der Waals surface area (Å²) in [6, 6.07) is 7.15. The fourth-order valence-corrected chi connectivity index (χ4v) is 4.11. The molecule has 19 heavy (non-hydrogen) atoms. The van der Waals surface area contributed by atoms with Crippen molar-refractivity contribution in [2.75, 3.05) is 11.0 Å². The number of hydrogen-bond acceptors (Lipinski definition) is 5. The van der Waals surface area contributed by atoms with Gasteiger partial charge in [0.1, 0.15) is 0 Å². The molecule has 2 rings (SSSR count). The van der Waals surface area contributed by atoms with E-state index in [4.69, 9.17) is 0 Å². The Bertz CT molecular complexity index is 680. The van der Waals surface area contributed by atoms with E-state index >= 15 is 0 Å². The van der Waals surface area contributed by atoms with Crippen molar-refractivity contribution < 1.29 is 8.42 Å². The zero-order valence-corrected chi connectivity index (χ0v) is 13.4. The molecule has 1 heterocycles. The largest absolute Gasteiger partial charge is 0.281 e. The highest BCUT2D eigenvalue weighted by Gasteiger charge is 2.23. The van der Waals surface area contributed by atoms with Gasteiger partial charge in [0, 0.05) is 17.6 Å². The van der Waals surface area contributed by atoms with Gasteiger partial charge in [0.05, 0.1) is 0 Å². The molecule has 2 aromatic rings. The molecule has 0 saturated carbocycles. The minimum atomic E-state index is -3.72. The second kappa shape index (κ2) is 5.51. The Kier molecular flexibility index (Phi) is 4.16. The molecular formula is C10H11BrN4O2S2. The second-order valence-corrected chi connectivity index (χ2v) is 6.87. The molecule has 0 saturated heterocycles. The normalized spacial score (nSPS) is 11.5. The first kappa shape index (κ1) is 14.4. The van der Waals surface area contributed by atoms with Crippen LogP contribution >= 0.6 is 27.7 Å². The third-order valence-corrected chi connectivity index (χ3v) is 5.31. The van der Waals surface area contributed by atoms with Crippen LogP contribution in [0.1, 0.15) is 0 Å². The lowest BCUT2D eigenvalue weighted by molar-refractivity contribution is 0.578. The molecule has 0 aliphatic heterocycles. The number of thioether (sulfide) groups is 1. The predicted molar refractivity (Wildman–Crippen MR) is 77.7 cm³/mol. The zero-order chi connectivity index (χ0) is 14.0. The zero-order valence-electron chi connectivity index (χ0n) is 10.2. The van der Waals surface area contributed by atoms with Crippen LogP contribution in [0.15, 0.2) is 38.8 Å². The lowest BCUT2D eigenvalue weighted by Gasteiger charge is -2.08. The lowest BCUT2D eigenvalue weighted by atomic mass is 10.3. The predicted octanol–water partition coefficient (Wildman–Crippen LogP) is 2.10. The number of nitrogens with one attached hydrogen (secondary N) is 1.